The van der Waals surface area contributed by atoms with Crippen molar-refractivity contribution < 1.29 is 11.3 Å². The van der Waals surface area contributed by atoms with E-state index < -0.39 is 0 Å². The molecule has 0 atom stereocenters. The molecule has 0 aromatic rings. The molecule has 0 aromatic carbocycles. The molecule has 0 heterocycles. The maximum Gasteiger partial charge on any atom is 0.0402 e. The molecular weight excluding hydrogens is 44.0 g/mol. The fraction of sp³-hybridized carbons (Fsp3) is 1.00. The van der Waals surface area contributed by atoms with Crippen LogP contribution < -0.4 is 0 Å². The minimum Gasteiger partial charge on any atom is -0.397 e. The Labute approximate surface area is 26.0 Å². The third-order valence-electron chi connectivity index (χ3n) is 0. The Hall–Kier alpha value is -0.131. The van der Waals surface area contributed by atoms with E-state index in [1.807, 2.05) is 0 Å². The maximum atomic E-state index is 7.57. The first-order valence-electron chi connectivity index (χ1n) is 1.02. The summed E-state index contributed by atoms with van der Waals surface area (Å²) in [5.41, 5.74) is 0. The van der Waals surface area contributed by atoms with E-state index in [4.69, 9.17) is 5.11 Å². The van der Waals surface area contributed by atoms with E-state index in [1.54, 1.807) is 6.92 Å². The van der Waals surface area contributed by atoms with Gasteiger partial charge in [-0.3, -0.25) is 0 Å². The quantitative estimate of drug-likeness (QED) is 0.410. The van der Waals surface area contributed by atoms with Crippen molar-refractivity contribution in [3.8, 4) is 0 Å². The molecule has 0 saturated carbocycles. The van der Waals surface area contributed by atoms with Crippen molar-refractivity contribution in [3.05, 3.63) is 0 Å². The first-order chi connectivity index (χ1) is 1.41. The molecule has 0 bridgehead atoms. The molecule has 0 unspecified atom stereocenters. The van der Waals surface area contributed by atoms with E-state index in [0.29, 0.717) is 0 Å². The maximum absolute atomic E-state index is 7.57. The molecule has 22 valence electrons. The van der Waals surface area contributed by atoms with Gasteiger partial charge in [-0.05, 0) is 6.92 Å². The van der Waals surface area contributed by atoms with Gasteiger partial charge >= 0.3 is 0 Å². The summed E-state index contributed by atoms with van der Waals surface area (Å²) >= 11 is 0. The van der Waals surface area contributed by atoms with Crippen molar-refractivity contribution in [1.82, 2.24) is 0 Å². The number of hydrogen-bond acceptors (Lipinski definition) is 1. The molecule has 0 aliphatic rings. The first-order valence-corrected chi connectivity index (χ1v) is 1.02. The second-order valence-electron chi connectivity index (χ2n) is 0.316. The third kappa shape index (κ3) is 82.4. The fourth-order valence-corrected chi connectivity index (χ4v) is 0. The van der Waals surface area contributed by atoms with Crippen LogP contribution in [0.4, 0.5) is 0 Å². The molecule has 0 rings (SSSR count). The smallest absolute Gasteiger partial charge is 0.0402 e. The van der Waals surface area contributed by atoms with Gasteiger partial charge < -0.3 is 5.11 Å². The van der Waals surface area contributed by atoms with Gasteiger partial charge in [-0.25, -0.2) is 0 Å². The summed E-state index contributed by atoms with van der Waals surface area (Å²) in [7, 11) is 0. The average molecular weight is 50.1 g/mol. The first kappa shape index (κ1) is 9.12. The van der Waals surface area contributed by atoms with E-state index in [1.165, 1.54) is 0 Å². The Balaban J connectivity index is 0. The topological polar surface area (TPSA) is 20.2 Å². The van der Waals surface area contributed by atoms with Gasteiger partial charge in [0.05, 0.1) is 0 Å². The van der Waals surface area contributed by atoms with Crippen molar-refractivity contribution in [1.29, 1.82) is 0 Å². The summed E-state index contributed by atoms with van der Waals surface area (Å²) in [6.07, 6.45) is 0. The summed E-state index contributed by atoms with van der Waals surface area (Å²) in [6.45, 7) is 1.93. The van der Waals surface area contributed by atoms with Crippen LogP contribution in [0, 0.1) is 6.15 Å². The van der Waals surface area contributed by atoms with E-state index in [-0.39, 0.29) is 12.8 Å². The van der Waals surface area contributed by atoms with Crippen LogP contribution in [0.25, 0.3) is 0 Å². The zero-order valence-electron chi connectivity index (χ0n) is 2.86. The average Bonchev–Trinajstić information content (AvgIpc) is 0.918. The monoisotopic (exact) mass is 50.0 g/mol. The molecule has 0 aliphatic carbocycles. The van der Waals surface area contributed by atoms with Gasteiger partial charge in [0, 0.05) is 12.8 Å². The molecular formula is C2H6HeO. The Morgan fingerprint density at radius 2 is 1.75 bits per heavy atom. The van der Waals surface area contributed by atoms with Gasteiger partial charge in [0.25, 0.3) is 0 Å². The number of hydrogen-bond donors (Lipinski definition) is 1. The molecule has 0 spiro atoms. The summed E-state index contributed by atoms with van der Waals surface area (Å²) in [5, 5.41) is 7.57. The SMILES string of the molecule is CCO.[He]. The van der Waals surface area contributed by atoms with Crippen LogP contribution in [0.1, 0.15) is 6.92 Å². The van der Waals surface area contributed by atoms with Gasteiger partial charge in [0.15, 0.2) is 0 Å². The predicted molar refractivity (Wildman–Crippen MR) is 12.8 cm³/mol. The van der Waals surface area contributed by atoms with Crippen molar-refractivity contribution in [2.75, 3.05) is 6.61 Å². The molecule has 0 amide bonds. The van der Waals surface area contributed by atoms with E-state index >= 15 is 0 Å². The summed E-state index contributed by atoms with van der Waals surface area (Å²) in [4.78, 5) is 0. The standard InChI is InChI=1S/C2H6O.He/c1-2-3;/h3H,2H2,1H3;. The zero-order valence-corrected chi connectivity index (χ0v) is 2.86. The molecule has 1 N–H and O–H groups in total. The number of aliphatic hydroxyl groups excluding tert-OH is 1. The van der Waals surface area contributed by atoms with Crippen LogP contribution in [0.15, 0.2) is 0 Å². The summed E-state index contributed by atoms with van der Waals surface area (Å²) in [6, 6.07) is 0. The van der Waals surface area contributed by atoms with Gasteiger partial charge in [-0.2, -0.15) is 0 Å². The van der Waals surface area contributed by atoms with Crippen LogP contribution >= 0.6 is 0 Å². The number of rotatable bonds is 0. The molecule has 4 heavy (non-hydrogen) atoms. The Kier molecular flexibility index (Phi) is 30.2. The molecule has 0 fully saturated rings. The van der Waals surface area contributed by atoms with Gasteiger partial charge in [0.1, 0.15) is 0 Å². The van der Waals surface area contributed by atoms with Crippen molar-refractivity contribution in [2.45, 2.75) is 6.92 Å². The van der Waals surface area contributed by atoms with Crippen LogP contribution in [0.2, 0.25) is 0 Å². The zero-order chi connectivity index (χ0) is 2.71. The predicted octanol–water partition coefficient (Wildman–Crippen LogP) is -0.00140. The van der Waals surface area contributed by atoms with E-state index in [2.05, 4.69) is 0 Å². The fourth-order valence-electron chi connectivity index (χ4n) is 0. The number of aliphatic hydroxyl groups is 1. The summed E-state index contributed by atoms with van der Waals surface area (Å²) < 4.78 is 0. The summed E-state index contributed by atoms with van der Waals surface area (Å²) in [5.74, 6) is 0. The second kappa shape index (κ2) is 13.3. The van der Waals surface area contributed by atoms with Gasteiger partial charge in [-0.1, -0.05) is 0 Å². The molecule has 2 heteroatoms. The van der Waals surface area contributed by atoms with Crippen molar-refractivity contribution in [2.24, 2.45) is 0 Å². The van der Waals surface area contributed by atoms with E-state index in [9.17, 15) is 0 Å². The Morgan fingerprint density at radius 3 is 1.75 bits per heavy atom. The Morgan fingerprint density at radius 1 is 1.75 bits per heavy atom. The Bertz CT molecular complexity index is 6.00. The molecule has 1 nitrogen and oxygen atoms in total. The molecule has 0 radical (unpaired) electrons. The third-order valence-corrected chi connectivity index (χ3v) is 0. The normalized spacial score (nSPS) is 4.50. The minimum atomic E-state index is 0. The largest absolute Gasteiger partial charge is 0.397 e. The van der Waals surface area contributed by atoms with Crippen LogP contribution in [0.5, 0.6) is 0 Å². The second-order valence-corrected chi connectivity index (χ2v) is 0.316. The van der Waals surface area contributed by atoms with Crippen LogP contribution in [-0.4, -0.2) is 11.7 Å². The molecule has 0 aromatic heterocycles. The van der Waals surface area contributed by atoms with Crippen molar-refractivity contribution >= 4 is 0 Å². The van der Waals surface area contributed by atoms with Gasteiger partial charge in [0.2, 0.25) is 0 Å². The minimum absolute atomic E-state index is 0. The van der Waals surface area contributed by atoms with E-state index in [0.717, 1.165) is 0 Å². The van der Waals surface area contributed by atoms with Crippen LogP contribution in [0.3, 0.4) is 0 Å². The van der Waals surface area contributed by atoms with Crippen molar-refractivity contribution in [3.63, 3.8) is 0 Å². The van der Waals surface area contributed by atoms with Crippen LogP contribution in [-0.2, 0) is 0 Å². The molecule has 0 saturated heterocycles. The van der Waals surface area contributed by atoms with Gasteiger partial charge in [-0.15, -0.1) is 0 Å². The molecule has 0 aliphatic heterocycles.